The molecule has 9 heteroatoms. The van der Waals surface area contributed by atoms with Crippen LogP contribution in [0.5, 0.6) is 0 Å². The fraction of sp³-hybridized carbons (Fsp3) is 0.609. The van der Waals surface area contributed by atoms with E-state index in [0.29, 0.717) is 51.4 Å². The van der Waals surface area contributed by atoms with Crippen molar-refractivity contribution in [2.45, 2.75) is 51.9 Å². The van der Waals surface area contributed by atoms with Gasteiger partial charge in [-0.15, -0.1) is 0 Å². The first-order valence-corrected chi connectivity index (χ1v) is 12.9. The molecule has 0 bridgehead atoms. The zero-order valence-electron chi connectivity index (χ0n) is 18.7. The lowest BCUT2D eigenvalue weighted by Crippen LogP contribution is -2.57. The van der Waals surface area contributed by atoms with Crippen LogP contribution in [0.3, 0.4) is 0 Å². The number of hydrogen-bond acceptors (Lipinski definition) is 6. The van der Waals surface area contributed by atoms with Crippen LogP contribution in [0, 0.1) is 0 Å². The second-order valence-corrected chi connectivity index (χ2v) is 11.2. The first-order valence-electron chi connectivity index (χ1n) is 11.5. The van der Waals surface area contributed by atoms with Gasteiger partial charge in [0, 0.05) is 57.3 Å². The molecule has 0 saturated carbocycles. The topological polar surface area (TPSA) is 83.3 Å². The summed E-state index contributed by atoms with van der Waals surface area (Å²) in [6.07, 6.45) is 3.04. The molecule has 3 heterocycles. The first kappa shape index (κ1) is 22.0. The number of hydrogen-bond donors (Lipinski definition) is 0. The molecule has 2 fully saturated rings. The Labute approximate surface area is 188 Å². The van der Waals surface area contributed by atoms with Gasteiger partial charge in [0.15, 0.2) is 0 Å². The summed E-state index contributed by atoms with van der Waals surface area (Å²) < 4.78 is 40.6. The van der Waals surface area contributed by atoms with Gasteiger partial charge in [0.25, 0.3) is 10.2 Å². The summed E-state index contributed by atoms with van der Waals surface area (Å²) in [6.45, 7) is 7.35. The standard InChI is InChI=1S/C23H31N3O5S/c1-16-13-26(14-17(2)30-16)32(28,29)25-8-6-24(7-9-25)15-20-12-23(27)31-22-11-19-5-3-4-18(19)10-21(20)22/h10-12,16-17H,3-9,13-15H2,1-2H3. The van der Waals surface area contributed by atoms with E-state index < -0.39 is 10.2 Å². The Morgan fingerprint density at radius 2 is 1.59 bits per heavy atom. The summed E-state index contributed by atoms with van der Waals surface area (Å²) in [5.41, 5.74) is 3.91. The Bertz CT molecular complexity index is 1160. The summed E-state index contributed by atoms with van der Waals surface area (Å²) in [7, 11) is -3.50. The van der Waals surface area contributed by atoms with Gasteiger partial charge in [-0.2, -0.15) is 17.0 Å². The van der Waals surface area contributed by atoms with E-state index in [4.69, 9.17) is 9.15 Å². The molecule has 1 aliphatic carbocycles. The van der Waals surface area contributed by atoms with Gasteiger partial charge in [-0.05, 0) is 61.9 Å². The molecule has 174 valence electrons. The molecule has 0 amide bonds. The molecule has 1 aromatic heterocycles. The van der Waals surface area contributed by atoms with E-state index in [1.54, 1.807) is 14.7 Å². The van der Waals surface area contributed by atoms with Gasteiger partial charge in [0.05, 0.1) is 12.2 Å². The van der Waals surface area contributed by atoms with Gasteiger partial charge in [0.2, 0.25) is 0 Å². The lowest BCUT2D eigenvalue weighted by atomic mass is 10.0. The third kappa shape index (κ3) is 4.24. The summed E-state index contributed by atoms with van der Waals surface area (Å²) in [5.74, 6) is 0. The van der Waals surface area contributed by atoms with Crippen LogP contribution in [0.1, 0.15) is 37.0 Å². The fourth-order valence-corrected chi connectivity index (χ4v) is 7.02. The molecule has 2 unspecified atom stereocenters. The Morgan fingerprint density at radius 1 is 0.938 bits per heavy atom. The van der Waals surface area contributed by atoms with E-state index in [0.717, 1.165) is 30.2 Å². The van der Waals surface area contributed by atoms with Crippen LogP contribution >= 0.6 is 0 Å². The number of aryl methyl sites for hydroxylation is 2. The number of benzene rings is 1. The van der Waals surface area contributed by atoms with E-state index in [9.17, 15) is 13.2 Å². The van der Waals surface area contributed by atoms with Crippen LogP contribution in [0.2, 0.25) is 0 Å². The van der Waals surface area contributed by atoms with Crippen LogP contribution in [-0.4, -0.2) is 73.4 Å². The summed E-state index contributed by atoms with van der Waals surface area (Å²) in [4.78, 5) is 14.4. The van der Waals surface area contributed by atoms with E-state index >= 15 is 0 Å². The van der Waals surface area contributed by atoms with E-state index in [-0.39, 0.29) is 17.8 Å². The van der Waals surface area contributed by atoms with Crippen molar-refractivity contribution in [3.05, 3.63) is 45.3 Å². The SMILES string of the molecule is CC1CN(S(=O)(=O)N2CCN(Cc3cc(=O)oc4cc5c(cc34)CCC5)CC2)CC(C)O1. The second-order valence-electron chi connectivity index (χ2n) is 9.32. The summed E-state index contributed by atoms with van der Waals surface area (Å²) in [6, 6.07) is 5.79. The van der Waals surface area contributed by atoms with Crippen molar-refractivity contribution in [1.29, 1.82) is 0 Å². The monoisotopic (exact) mass is 461 g/mol. The van der Waals surface area contributed by atoms with Crippen molar-refractivity contribution >= 4 is 21.2 Å². The van der Waals surface area contributed by atoms with Crippen molar-refractivity contribution in [3.8, 4) is 0 Å². The largest absolute Gasteiger partial charge is 0.423 e. The van der Waals surface area contributed by atoms with Crippen molar-refractivity contribution in [2.24, 2.45) is 0 Å². The van der Waals surface area contributed by atoms with Gasteiger partial charge in [0.1, 0.15) is 5.58 Å². The average Bonchev–Trinajstić information content (AvgIpc) is 3.19. The minimum absolute atomic E-state index is 0.102. The molecule has 2 atom stereocenters. The smallest absolute Gasteiger partial charge is 0.336 e. The highest BCUT2D eigenvalue weighted by Crippen LogP contribution is 2.29. The van der Waals surface area contributed by atoms with Crippen LogP contribution in [0.25, 0.3) is 11.0 Å². The molecule has 32 heavy (non-hydrogen) atoms. The normalized spacial score (nSPS) is 25.9. The fourth-order valence-electron chi connectivity index (χ4n) is 5.27. The molecule has 2 aromatic rings. The predicted octanol–water partition coefficient (Wildman–Crippen LogP) is 1.75. The maximum atomic E-state index is 13.1. The summed E-state index contributed by atoms with van der Waals surface area (Å²) >= 11 is 0. The number of piperazine rings is 1. The van der Waals surface area contributed by atoms with Crippen LogP contribution in [-0.2, 0) is 34.3 Å². The number of nitrogens with zero attached hydrogens (tertiary/aromatic N) is 3. The van der Waals surface area contributed by atoms with Crippen molar-refractivity contribution in [1.82, 2.24) is 13.5 Å². The van der Waals surface area contributed by atoms with Gasteiger partial charge in [-0.3, -0.25) is 4.90 Å². The molecular formula is C23H31N3O5S. The number of morpholine rings is 1. The molecule has 2 saturated heterocycles. The Hall–Kier alpha value is -1.78. The summed E-state index contributed by atoms with van der Waals surface area (Å²) in [5, 5.41) is 0.997. The van der Waals surface area contributed by atoms with Crippen LogP contribution in [0.4, 0.5) is 0 Å². The van der Waals surface area contributed by atoms with Crippen molar-refractivity contribution < 1.29 is 17.6 Å². The maximum Gasteiger partial charge on any atom is 0.336 e. The zero-order chi connectivity index (χ0) is 22.5. The van der Waals surface area contributed by atoms with Crippen molar-refractivity contribution in [2.75, 3.05) is 39.3 Å². The zero-order valence-corrected chi connectivity index (χ0v) is 19.6. The molecule has 5 rings (SSSR count). The number of fused-ring (bicyclic) bond motifs is 2. The quantitative estimate of drug-likeness (QED) is 0.645. The molecule has 2 aliphatic heterocycles. The van der Waals surface area contributed by atoms with Gasteiger partial charge in [-0.25, -0.2) is 4.79 Å². The second kappa shape index (κ2) is 8.53. The van der Waals surface area contributed by atoms with Crippen molar-refractivity contribution in [3.63, 3.8) is 0 Å². The highest BCUT2D eigenvalue weighted by molar-refractivity contribution is 7.86. The Kier molecular flexibility index (Phi) is 5.88. The minimum atomic E-state index is -3.50. The average molecular weight is 462 g/mol. The lowest BCUT2D eigenvalue weighted by Gasteiger charge is -2.40. The lowest BCUT2D eigenvalue weighted by molar-refractivity contribution is -0.0457. The highest BCUT2D eigenvalue weighted by atomic mass is 32.2. The van der Waals surface area contributed by atoms with Crippen LogP contribution < -0.4 is 5.63 Å². The van der Waals surface area contributed by atoms with Gasteiger partial charge < -0.3 is 9.15 Å². The van der Waals surface area contributed by atoms with Crippen LogP contribution in [0.15, 0.2) is 27.4 Å². The molecular weight excluding hydrogens is 430 g/mol. The molecule has 1 aromatic carbocycles. The Morgan fingerprint density at radius 3 is 2.28 bits per heavy atom. The highest BCUT2D eigenvalue weighted by Gasteiger charge is 2.36. The van der Waals surface area contributed by atoms with E-state index in [1.807, 2.05) is 19.9 Å². The van der Waals surface area contributed by atoms with Gasteiger partial charge >= 0.3 is 5.63 Å². The number of rotatable bonds is 4. The molecule has 3 aliphatic rings. The Balaban J connectivity index is 1.29. The molecule has 0 radical (unpaired) electrons. The third-order valence-electron chi connectivity index (χ3n) is 6.81. The third-order valence-corrected chi connectivity index (χ3v) is 8.77. The maximum absolute atomic E-state index is 13.1. The van der Waals surface area contributed by atoms with Gasteiger partial charge in [-0.1, -0.05) is 0 Å². The molecule has 8 nitrogen and oxygen atoms in total. The predicted molar refractivity (Wildman–Crippen MR) is 122 cm³/mol. The van der Waals surface area contributed by atoms with E-state index in [1.165, 1.54) is 11.1 Å². The minimum Gasteiger partial charge on any atom is -0.423 e. The number of ether oxygens (including phenoxy) is 1. The first-order chi connectivity index (χ1) is 15.3. The molecule has 0 spiro atoms. The molecule has 0 N–H and O–H groups in total. The van der Waals surface area contributed by atoms with E-state index in [2.05, 4.69) is 11.0 Å².